The van der Waals surface area contributed by atoms with Gasteiger partial charge < -0.3 is 5.32 Å². The first-order valence-electron chi connectivity index (χ1n) is 6.05. The summed E-state index contributed by atoms with van der Waals surface area (Å²) in [5.41, 5.74) is 0.710. The zero-order chi connectivity index (χ0) is 15.3. The Bertz CT molecular complexity index is 581. The minimum atomic E-state index is -0.757. The first-order valence-corrected chi connectivity index (χ1v) is 6.85. The molecule has 1 rings (SSSR count). The summed E-state index contributed by atoms with van der Waals surface area (Å²) in [6.45, 7) is 3.49. The molecule has 0 saturated heterocycles. The van der Waals surface area contributed by atoms with Gasteiger partial charge in [0.2, 0.25) is 5.91 Å². The van der Waals surface area contributed by atoms with E-state index in [1.807, 2.05) is 13.0 Å². The molecule has 106 valence electrons. The molecule has 1 aromatic carbocycles. The van der Waals surface area contributed by atoms with Gasteiger partial charge in [-0.3, -0.25) is 14.9 Å². The number of benzene rings is 1. The topological polar surface area (TPSA) is 96.0 Å². The highest BCUT2D eigenvalue weighted by Crippen LogP contribution is 2.31. The van der Waals surface area contributed by atoms with Crippen molar-refractivity contribution in [2.75, 3.05) is 5.32 Å². The van der Waals surface area contributed by atoms with Gasteiger partial charge in [-0.25, -0.2) is 0 Å². The summed E-state index contributed by atoms with van der Waals surface area (Å²) in [6.07, 6.45) is 1.16. The van der Waals surface area contributed by atoms with Crippen LogP contribution in [0.15, 0.2) is 16.6 Å². The maximum Gasteiger partial charge on any atom is 0.274 e. The van der Waals surface area contributed by atoms with E-state index < -0.39 is 16.7 Å². The minimum Gasteiger partial charge on any atom is -0.324 e. The predicted molar refractivity (Wildman–Crippen MR) is 78.2 cm³/mol. The lowest BCUT2D eigenvalue weighted by Gasteiger charge is -2.11. The van der Waals surface area contributed by atoms with Crippen LogP contribution in [0, 0.1) is 34.3 Å². The molecule has 0 fully saturated rings. The monoisotopic (exact) mass is 339 g/mol. The van der Waals surface area contributed by atoms with Crippen molar-refractivity contribution >= 4 is 33.2 Å². The van der Waals surface area contributed by atoms with Gasteiger partial charge in [-0.1, -0.05) is 13.3 Å². The molecule has 1 atom stereocenters. The van der Waals surface area contributed by atoms with Crippen LogP contribution in [0.4, 0.5) is 11.4 Å². The van der Waals surface area contributed by atoms with Gasteiger partial charge in [0.25, 0.3) is 5.69 Å². The highest BCUT2D eigenvalue weighted by atomic mass is 79.9. The van der Waals surface area contributed by atoms with E-state index >= 15 is 0 Å². The third-order valence-corrected chi connectivity index (χ3v) is 3.45. The Morgan fingerprint density at radius 1 is 1.60 bits per heavy atom. The first kappa shape index (κ1) is 16.1. The fraction of sp³-hybridized carbons (Fsp3) is 0.385. The number of halogens is 1. The van der Waals surface area contributed by atoms with Gasteiger partial charge in [0.1, 0.15) is 5.92 Å². The number of aryl methyl sites for hydroxylation is 1. The van der Waals surface area contributed by atoms with Crippen molar-refractivity contribution in [1.82, 2.24) is 0 Å². The van der Waals surface area contributed by atoms with Gasteiger partial charge in [-0.2, -0.15) is 5.26 Å². The second-order valence-electron chi connectivity index (χ2n) is 4.34. The number of hydrogen-bond donors (Lipinski definition) is 1. The molecule has 0 saturated carbocycles. The molecule has 0 spiro atoms. The van der Waals surface area contributed by atoms with E-state index in [2.05, 4.69) is 21.2 Å². The standard InChI is InChI=1S/C13H14BrN3O3/c1-3-4-9(7-15)13(18)16-11-6-12(17(19)20)8(2)5-10(11)14/h5-6,9H,3-4H2,1-2H3,(H,16,18). The van der Waals surface area contributed by atoms with E-state index in [9.17, 15) is 14.9 Å². The Balaban J connectivity index is 3.03. The summed E-state index contributed by atoms with van der Waals surface area (Å²) in [6, 6.07) is 4.78. The molecule has 0 heterocycles. The van der Waals surface area contributed by atoms with E-state index in [1.54, 1.807) is 13.0 Å². The van der Waals surface area contributed by atoms with Gasteiger partial charge in [-0.15, -0.1) is 0 Å². The molecule has 0 radical (unpaired) electrons. The number of rotatable bonds is 5. The number of anilines is 1. The highest BCUT2D eigenvalue weighted by molar-refractivity contribution is 9.10. The number of carbonyl (C=O) groups excluding carboxylic acids is 1. The van der Waals surface area contributed by atoms with E-state index in [-0.39, 0.29) is 5.69 Å². The molecule has 6 nitrogen and oxygen atoms in total. The lowest BCUT2D eigenvalue weighted by Crippen LogP contribution is -2.21. The van der Waals surface area contributed by atoms with Gasteiger partial charge in [0.15, 0.2) is 0 Å². The molecule has 20 heavy (non-hydrogen) atoms. The van der Waals surface area contributed by atoms with Crippen molar-refractivity contribution in [3.8, 4) is 6.07 Å². The average Bonchev–Trinajstić information content (AvgIpc) is 2.38. The van der Waals surface area contributed by atoms with Crippen LogP contribution in [0.5, 0.6) is 0 Å². The summed E-state index contributed by atoms with van der Waals surface area (Å²) in [5, 5.41) is 22.4. The Hall–Kier alpha value is -1.94. The lowest BCUT2D eigenvalue weighted by atomic mass is 10.0. The van der Waals surface area contributed by atoms with Crippen LogP contribution in [0.2, 0.25) is 0 Å². The summed E-state index contributed by atoms with van der Waals surface area (Å²) in [4.78, 5) is 22.3. The van der Waals surface area contributed by atoms with E-state index in [0.717, 1.165) is 0 Å². The van der Waals surface area contributed by atoms with Gasteiger partial charge in [0, 0.05) is 16.1 Å². The predicted octanol–water partition coefficient (Wildman–Crippen LogP) is 3.54. The van der Waals surface area contributed by atoms with Crippen LogP contribution in [0.25, 0.3) is 0 Å². The molecule has 1 N–H and O–H groups in total. The molecule has 0 aliphatic heterocycles. The van der Waals surface area contributed by atoms with Crippen LogP contribution >= 0.6 is 15.9 Å². The van der Waals surface area contributed by atoms with Gasteiger partial charge in [-0.05, 0) is 35.3 Å². The summed E-state index contributed by atoms with van der Waals surface area (Å²) >= 11 is 3.25. The maximum absolute atomic E-state index is 11.9. The SMILES string of the molecule is CCCC(C#N)C(=O)Nc1cc([N+](=O)[O-])c(C)cc1Br. The van der Waals surface area contributed by atoms with Crippen LogP contribution < -0.4 is 5.32 Å². The van der Waals surface area contributed by atoms with E-state index in [1.165, 1.54) is 6.07 Å². The largest absolute Gasteiger partial charge is 0.324 e. The van der Waals surface area contributed by atoms with Gasteiger partial charge in [0.05, 0.1) is 16.7 Å². The number of hydrogen-bond acceptors (Lipinski definition) is 4. The molecule has 1 aromatic rings. The Morgan fingerprint density at radius 2 is 2.25 bits per heavy atom. The molecule has 0 aliphatic rings. The number of nitro groups is 1. The van der Waals surface area contributed by atoms with Crippen molar-refractivity contribution in [2.24, 2.45) is 5.92 Å². The second-order valence-corrected chi connectivity index (χ2v) is 5.19. The van der Waals surface area contributed by atoms with Crippen molar-refractivity contribution < 1.29 is 9.72 Å². The third-order valence-electron chi connectivity index (χ3n) is 2.79. The number of nitrogens with one attached hydrogen (secondary N) is 1. The minimum absolute atomic E-state index is 0.0764. The average molecular weight is 340 g/mol. The second kappa shape index (κ2) is 7.01. The zero-order valence-electron chi connectivity index (χ0n) is 11.1. The summed E-state index contributed by atoms with van der Waals surface area (Å²) in [7, 11) is 0. The molecule has 0 bridgehead atoms. The fourth-order valence-corrected chi connectivity index (χ4v) is 2.27. The van der Waals surface area contributed by atoms with Crippen LogP contribution in [-0.2, 0) is 4.79 Å². The Morgan fingerprint density at radius 3 is 2.75 bits per heavy atom. The van der Waals surface area contributed by atoms with Crippen molar-refractivity contribution in [2.45, 2.75) is 26.7 Å². The molecule has 0 aliphatic carbocycles. The molecule has 0 aromatic heterocycles. The Labute approximate surface area is 125 Å². The number of amides is 1. The van der Waals surface area contributed by atoms with Crippen LogP contribution in [-0.4, -0.2) is 10.8 Å². The molecule has 7 heteroatoms. The maximum atomic E-state index is 11.9. The summed E-state index contributed by atoms with van der Waals surface area (Å²) in [5.74, 6) is -1.21. The quantitative estimate of drug-likeness (QED) is 0.655. The molecule has 1 unspecified atom stereocenters. The molecular formula is C13H14BrN3O3. The molecular weight excluding hydrogens is 326 g/mol. The third kappa shape index (κ3) is 3.78. The van der Waals surface area contributed by atoms with Crippen LogP contribution in [0.1, 0.15) is 25.3 Å². The zero-order valence-corrected chi connectivity index (χ0v) is 12.7. The number of nitrogens with zero attached hydrogens (tertiary/aromatic N) is 2. The van der Waals surface area contributed by atoms with Crippen molar-refractivity contribution in [1.29, 1.82) is 5.26 Å². The fourth-order valence-electron chi connectivity index (χ4n) is 1.72. The summed E-state index contributed by atoms with van der Waals surface area (Å²) < 4.78 is 0.544. The van der Waals surface area contributed by atoms with E-state index in [0.29, 0.717) is 28.6 Å². The Kier molecular flexibility index (Phi) is 5.65. The van der Waals surface area contributed by atoms with Crippen LogP contribution in [0.3, 0.4) is 0 Å². The van der Waals surface area contributed by atoms with Gasteiger partial charge >= 0.3 is 0 Å². The lowest BCUT2D eigenvalue weighted by molar-refractivity contribution is -0.385. The van der Waals surface area contributed by atoms with Crippen molar-refractivity contribution in [3.05, 3.63) is 32.3 Å². The first-order chi connectivity index (χ1) is 9.40. The molecule has 1 amide bonds. The smallest absolute Gasteiger partial charge is 0.274 e. The normalized spacial score (nSPS) is 11.5. The number of carbonyl (C=O) groups is 1. The number of nitriles is 1. The number of nitro benzene ring substituents is 1. The van der Waals surface area contributed by atoms with Crippen molar-refractivity contribution in [3.63, 3.8) is 0 Å². The highest BCUT2D eigenvalue weighted by Gasteiger charge is 2.20. The van der Waals surface area contributed by atoms with E-state index in [4.69, 9.17) is 5.26 Å².